The van der Waals surface area contributed by atoms with Crippen molar-refractivity contribution in [3.05, 3.63) is 63.9 Å². The number of hydrogen-bond donors (Lipinski definition) is 0. The Hall–Kier alpha value is -2.01. The Kier molecular flexibility index (Phi) is 5.89. The first kappa shape index (κ1) is 18.3. The quantitative estimate of drug-likeness (QED) is 0.715. The average Bonchev–Trinajstić information content (AvgIpc) is 2.53. The number of nitrogens with zero attached hydrogens (tertiary/aromatic N) is 2. The van der Waals surface area contributed by atoms with Crippen LogP contribution in [0.3, 0.4) is 0 Å². The third-order valence-electron chi connectivity index (χ3n) is 3.73. The van der Waals surface area contributed by atoms with E-state index in [2.05, 4.69) is 20.9 Å². The highest BCUT2D eigenvalue weighted by Crippen LogP contribution is 2.20. The third kappa shape index (κ3) is 3.90. The Balaban J connectivity index is 2.47. The molecule has 24 heavy (non-hydrogen) atoms. The highest BCUT2D eigenvalue weighted by molar-refractivity contribution is 9.10. The van der Waals surface area contributed by atoms with Crippen molar-refractivity contribution >= 4 is 27.6 Å². The fourth-order valence-corrected chi connectivity index (χ4v) is 3.15. The van der Waals surface area contributed by atoms with E-state index >= 15 is 0 Å². The Morgan fingerprint density at radius 1 is 1.04 bits per heavy atom. The highest BCUT2D eigenvalue weighted by atomic mass is 79.9. The minimum atomic E-state index is -0.186. The van der Waals surface area contributed by atoms with Gasteiger partial charge in [-0.3, -0.25) is 14.6 Å². The Bertz CT molecular complexity index is 749. The maximum atomic E-state index is 13.0. The van der Waals surface area contributed by atoms with Gasteiger partial charge in [0.15, 0.2) is 5.78 Å². The zero-order valence-corrected chi connectivity index (χ0v) is 15.9. The third-order valence-corrected chi connectivity index (χ3v) is 4.22. The van der Waals surface area contributed by atoms with Gasteiger partial charge in [0.2, 0.25) is 0 Å². The number of halogens is 1. The Labute approximate surface area is 151 Å². The summed E-state index contributed by atoms with van der Waals surface area (Å²) < 4.78 is 0.821. The van der Waals surface area contributed by atoms with E-state index in [1.54, 1.807) is 29.2 Å². The van der Waals surface area contributed by atoms with Gasteiger partial charge in [-0.05, 0) is 45.9 Å². The van der Waals surface area contributed by atoms with Crippen molar-refractivity contribution in [1.82, 2.24) is 9.88 Å². The van der Waals surface area contributed by atoms with Crippen LogP contribution in [0, 0.1) is 0 Å². The van der Waals surface area contributed by atoms with Gasteiger partial charge >= 0.3 is 0 Å². The molecular weight excluding hydrogens is 368 g/mol. The molecule has 1 aromatic carbocycles. The summed E-state index contributed by atoms with van der Waals surface area (Å²) in [6.45, 7) is 7.85. The normalized spacial score (nSPS) is 11.0. The van der Waals surface area contributed by atoms with E-state index in [1.807, 2.05) is 33.8 Å². The van der Waals surface area contributed by atoms with Crippen molar-refractivity contribution in [3.63, 3.8) is 0 Å². The summed E-state index contributed by atoms with van der Waals surface area (Å²) in [5.74, 6) is -0.360. The molecule has 0 fully saturated rings. The fraction of sp³-hybridized carbons (Fsp3) is 0.316. The van der Waals surface area contributed by atoms with E-state index in [0.717, 1.165) is 4.47 Å². The number of carbonyl (C=O) groups excluding carboxylic acids is 2. The highest BCUT2D eigenvalue weighted by Gasteiger charge is 2.26. The van der Waals surface area contributed by atoms with Gasteiger partial charge in [0, 0.05) is 40.1 Å². The molecule has 0 spiro atoms. The smallest absolute Gasteiger partial charge is 0.256 e. The summed E-state index contributed by atoms with van der Waals surface area (Å²) in [7, 11) is 0. The molecule has 0 aliphatic rings. The van der Waals surface area contributed by atoms with Gasteiger partial charge in [-0.1, -0.05) is 28.1 Å². The molecule has 2 aromatic rings. The molecule has 0 saturated carbocycles. The largest absolute Gasteiger partial charge is 0.334 e. The summed E-state index contributed by atoms with van der Waals surface area (Å²) in [5, 5.41) is 0. The molecule has 0 aliphatic carbocycles. The van der Waals surface area contributed by atoms with E-state index < -0.39 is 0 Å². The standard InChI is InChI=1S/C19H21BrN2O2/c1-12(2)22(13(3)4)19(24)17-11-21-9-8-16(17)18(23)14-6-5-7-15(20)10-14/h5-13H,1-4H3. The first-order valence-corrected chi connectivity index (χ1v) is 8.69. The van der Waals surface area contributed by atoms with Crippen molar-refractivity contribution in [2.75, 3.05) is 0 Å². The van der Waals surface area contributed by atoms with E-state index in [4.69, 9.17) is 0 Å². The van der Waals surface area contributed by atoms with Crippen LogP contribution < -0.4 is 0 Å². The summed E-state index contributed by atoms with van der Waals surface area (Å²) in [6.07, 6.45) is 3.02. The van der Waals surface area contributed by atoms with Crippen molar-refractivity contribution in [1.29, 1.82) is 0 Å². The second-order valence-electron chi connectivity index (χ2n) is 6.16. The van der Waals surface area contributed by atoms with Gasteiger partial charge in [0.1, 0.15) is 0 Å². The average molecular weight is 389 g/mol. The van der Waals surface area contributed by atoms with Gasteiger partial charge in [0.25, 0.3) is 5.91 Å². The predicted octanol–water partition coefficient (Wildman–Crippen LogP) is 4.33. The van der Waals surface area contributed by atoms with E-state index in [-0.39, 0.29) is 23.8 Å². The van der Waals surface area contributed by atoms with E-state index in [0.29, 0.717) is 16.7 Å². The van der Waals surface area contributed by atoms with Gasteiger partial charge in [-0.2, -0.15) is 0 Å². The van der Waals surface area contributed by atoms with E-state index in [1.165, 1.54) is 12.4 Å². The number of ketones is 1. The lowest BCUT2D eigenvalue weighted by Crippen LogP contribution is -2.42. The first-order chi connectivity index (χ1) is 11.3. The molecule has 1 aromatic heterocycles. The summed E-state index contributed by atoms with van der Waals surface area (Å²) in [5.41, 5.74) is 1.24. The summed E-state index contributed by atoms with van der Waals surface area (Å²) >= 11 is 3.37. The SMILES string of the molecule is CC(C)N(C(=O)c1cnccc1C(=O)c1cccc(Br)c1)C(C)C. The molecule has 0 bridgehead atoms. The molecule has 0 unspecified atom stereocenters. The van der Waals surface area contributed by atoms with Crippen LogP contribution in [0.4, 0.5) is 0 Å². The van der Waals surface area contributed by atoms with Crippen molar-refractivity contribution in [2.24, 2.45) is 0 Å². The van der Waals surface area contributed by atoms with Crippen LogP contribution in [-0.4, -0.2) is 33.7 Å². The van der Waals surface area contributed by atoms with Crippen LogP contribution in [0.15, 0.2) is 47.2 Å². The second kappa shape index (κ2) is 7.71. The monoisotopic (exact) mass is 388 g/mol. The maximum Gasteiger partial charge on any atom is 0.256 e. The molecule has 1 heterocycles. The zero-order chi connectivity index (χ0) is 17.9. The molecule has 0 aliphatic heterocycles. The minimum Gasteiger partial charge on any atom is -0.334 e. The topological polar surface area (TPSA) is 50.3 Å². The molecule has 1 amide bonds. The number of rotatable bonds is 5. The maximum absolute atomic E-state index is 13.0. The summed E-state index contributed by atoms with van der Waals surface area (Å²) in [6, 6.07) is 8.82. The predicted molar refractivity (Wildman–Crippen MR) is 98.3 cm³/mol. The molecule has 126 valence electrons. The first-order valence-electron chi connectivity index (χ1n) is 7.90. The molecular formula is C19H21BrN2O2. The lowest BCUT2D eigenvalue weighted by molar-refractivity contribution is 0.0640. The van der Waals surface area contributed by atoms with Gasteiger partial charge in [-0.15, -0.1) is 0 Å². The molecule has 5 heteroatoms. The number of pyridine rings is 1. The van der Waals surface area contributed by atoms with Gasteiger partial charge < -0.3 is 4.90 Å². The molecule has 0 N–H and O–H groups in total. The number of hydrogen-bond acceptors (Lipinski definition) is 3. The lowest BCUT2D eigenvalue weighted by Gasteiger charge is -2.31. The molecule has 0 radical (unpaired) electrons. The van der Waals surface area contributed by atoms with Crippen LogP contribution in [0.5, 0.6) is 0 Å². The second-order valence-corrected chi connectivity index (χ2v) is 7.08. The van der Waals surface area contributed by atoms with Crippen molar-refractivity contribution in [2.45, 2.75) is 39.8 Å². The van der Waals surface area contributed by atoms with Crippen molar-refractivity contribution < 1.29 is 9.59 Å². The fourth-order valence-electron chi connectivity index (χ4n) is 2.75. The van der Waals surface area contributed by atoms with Gasteiger partial charge in [0.05, 0.1) is 5.56 Å². The van der Waals surface area contributed by atoms with Crippen LogP contribution in [0.2, 0.25) is 0 Å². The van der Waals surface area contributed by atoms with Crippen molar-refractivity contribution in [3.8, 4) is 0 Å². The number of amides is 1. The Morgan fingerprint density at radius 2 is 1.71 bits per heavy atom. The number of benzene rings is 1. The molecule has 4 nitrogen and oxygen atoms in total. The van der Waals surface area contributed by atoms with Crippen LogP contribution in [-0.2, 0) is 0 Å². The number of carbonyl (C=O) groups is 2. The van der Waals surface area contributed by atoms with Crippen LogP contribution >= 0.6 is 15.9 Å². The van der Waals surface area contributed by atoms with Crippen LogP contribution in [0.1, 0.15) is 54.0 Å². The van der Waals surface area contributed by atoms with Gasteiger partial charge in [-0.25, -0.2) is 0 Å². The summed E-state index contributed by atoms with van der Waals surface area (Å²) in [4.78, 5) is 31.7. The zero-order valence-electron chi connectivity index (χ0n) is 14.3. The molecule has 0 saturated heterocycles. The minimum absolute atomic E-state index is 0.0338. The Morgan fingerprint density at radius 3 is 2.29 bits per heavy atom. The molecule has 0 atom stereocenters. The lowest BCUT2D eigenvalue weighted by atomic mass is 9.99. The number of aromatic nitrogens is 1. The van der Waals surface area contributed by atoms with Crippen LogP contribution in [0.25, 0.3) is 0 Å². The molecule has 2 rings (SSSR count). The van der Waals surface area contributed by atoms with E-state index in [9.17, 15) is 9.59 Å².